The first kappa shape index (κ1) is 16.6. The summed E-state index contributed by atoms with van der Waals surface area (Å²) in [7, 11) is 1.80. The number of rotatable bonds is 4. The first-order valence-electron chi connectivity index (χ1n) is 8.28. The van der Waals surface area contributed by atoms with Crippen LogP contribution in [0.1, 0.15) is 34.3 Å². The van der Waals surface area contributed by atoms with Crippen molar-refractivity contribution in [1.82, 2.24) is 20.0 Å². The van der Waals surface area contributed by atoms with E-state index in [2.05, 4.69) is 15.3 Å². The Hall–Kier alpha value is -2.21. The molecule has 1 fully saturated rings. The van der Waals surface area contributed by atoms with E-state index in [4.69, 9.17) is 0 Å². The molecule has 1 N–H and O–H groups in total. The first-order chi connectivity index (χ1) is 11.5. The molecule has 1 aliphatic rings. The second kappa shape index (κ2) is 7.13. The van der Waals surface area contributed by atoms with E-state index in [-0.39, 0.29) is 17.8 Å². The molecule has 2 heterocycles. The third-order valence-corrected chi connectivity index (χ3v) is 4.59. The summed E-state index contributed by atoms with van der Waals surface area (Å²) in [6.07, 6.45) is 5.11. The van der Waals surface area contributed by atoms with E-state index in [9.17, 15) is 9.18 Å². The zero-order chi connectivity index (χ0) is 17.1. The van der Waals surface area contributed by atoms with Gasteiger partial charge in [0.2, 0.25) is 0 Å². The van der Waals surface area contributed by atoms with E-state index in [0.29, 0.717) is 5.56 Å². The lowest BCUT2D eigenvalue weighted by molar-refractivity contribution is 0.0909. The van der Waals surface area contributed by atoms with Crippen LogP contribution in [0.25, 0.3) is 0 Å². The molecule has 2 aromatic rings. The number of likely N-dealkylation sites (tertiary alicyclic amines) is 1. The van der Waals surface area contributed by atoms with Gasteiger partial charge in [0.25, 0.3) is 5.91 Å². The summed E-state index contributed by atoms with van der Waals surface area (Å²) in [6, 6.07) is 5.12. The molecule has 6 heteroatoms. The van der Waals surface area contributed by atoms with Crippen molar-refractivity contribution in [3.8, 4) is 0 Å². The van der Waals surface area contributed by atoms with Crippen molar-refractivity contribution in [2.24, 2.45) is 7.05 Å². The summed E-state index contributed by atoms with van der Waals surface area (Å²) < 4.78 is 15.0. The van der Waals surface area contributed by atoms with Crippen LogP contribution in [0.4, 0.5) is 4.39 Å². The molecule has 1 aromatic heterocycles. The number of hydrogen-bond acceptors (Lipinski definition) is 3. The van der Waals surface area contributed by atoms with E-state index < -0.39 is 0 Å². The summed E-state index contributed by atoms with van der Waals surface area (Å²) in [5, 5.41) is 7.10. The number of amides is 1. The van der Waals surface area contributed by atoms with Gasteiger partial charge in [0.1, 0.15) is 5.82 Å². The molecule has 0 atom stereocenters. The summed E-state index contributed by atoms with van der Waals surface area (Å²) in [5.41, 5.74) is 2.74. The highest BCUT2D eigenvalue weighted by Gasteiger charge is 2.22. The molecule has 3 rings (SSSR count). The third-order valence-electron chi connectivity index (χ3n) is 4.59. The zero-order valence-corrected chi connectivity index (χ0v) is 14.1. The van der Waals surface area contributed by atoms with Crippen LogP contribution in [0.15, 0.2) is 30.6 Å². The van der Waals surface area contributed by atoms with Crippen LogP contribution in [0.2, 0.25) is 0 Å². The lowest BCUT2D eigenvalue weighted by Crippen LogP contribution is -2.44. The summed E-state index contributed by atoms with van der Waals surface area (Å²) in [4.78, 5) is 14.5. The SMILES string of the molecule is Cc1ccc(F)cc1CN1CCC(NC(=O)c2cnn(C)c2)CC1. The number of piperidine rings is 1. The van der Waals surface area contributed by atoms with E-state index in [1.807, 2.05) is 13.0 Å². The van der Waals surface area contributed by atoms with Gasteiger partial charge >= 0.3 is 0 Å². The van der Waals surface area contributed by atoms with Crippen LogP contribution in [0.5, 0.6) is 0 Å². The second-order valence-electron chi connectivity index (χ2n) is 6.50. The molecule has 128 valence electrons. The van der Waals surface area contributed by atoms with Gasteiger partial charge < -0.3 is 5.32 Å². The first-order valence-corrected chi connectivity index (χ1v) is 8.28. The Bertz CT molecular complexity index is 720. The van der Waals surface area contributed by atoms with Crippen LogP contribution in [0.3, 0.4) is 0 Å². The van der Waals surface area contributed by atoms with Crippen molar-refractivity contribution in [2.75, 3.05) is 13.1 Å². The van der Waals surface area contributed by atoms with Gasteiger partial charge in [-0.2, -0.15) is 5.10 Å². The average Bonchev–Trinajstić information content (AvgIpc) is 2.99. The molecule has 0 aliphatic carbocycles. The minimum Gasteiger partial charge on any atom is -0.349 e. The predicted octanol–water partition coefficient (Wildman–Crippen LogP) is 2.26. The largest absolute Gasteiger partial charge is 0.349 e. The highest BCUT2D eigenvalue weighted by molar-refractivity contribution is 5.93. The lowest BCUT2D eigenvalue weighted by atomic mass is 10.0. The Labute approximate surface area is 141 Å². The fraction of sp³-hybridized carbons (Fsp3) is 0.444. The third kappa shape index (κ3) is 4.00. The highest BCUT2D eigenvalue weighted by Crippen LogP contribution is 2.17. The van der Waals surface area contributed by atoms with Crippen LogP contribution in [-0.4, -0.2) is 39.7 Å². The van der Waals surface area contributed by atoms with E-state index >= 15 is 0 Å². The van der Waals surface area contributed by atoms with E-state index in [1.54, 1.807) is 30.2 Å². The number of halogens is 1. The standard InChI is InChI=1S/C18H23FN4O/c1-13-3-4-16(19)9-14(13)12-23-7-5-17(6-8-23)21-18(24)15-10-20-22(2)11-15/h3-4,9-11,17H,5-8,12H2,1-2H3,(H,21,24). The molecule has 0 unspecified atom stereocenters. The van der Waals surface area contributed by atoms with Crippen molar-refractivity contribution in [3.05, 3.63) is 53.1 Å². The number of nitrogens with one attached hydrogen (secondary N) is 1. The Balaban J connectivity index is 1.50. The Morgan fingerprint density at radius 1 is 1.38 bits per heavy atom. The van der Waals surface area contributed by atoms with Crippen molar-refractivity contribution >= 4 is 5.91 Å². The van der Waals surface area contributed by atoms with Gasteiger partial charge in [-0.15, -0.1) is 0 Å². The molecule has 0 saturated carbocycles. The van der Waals surface area contributed by atoms with Crippen molar-refractivity contribution < 1.29 is 9.18 Å². The molecule has 1 amide bonds. The molecule has 0 spiro atoms. The lowest BCUT2D eigenvalue weighted by Gasteiger charge is -2.32. The molecule has 24 heavy (non-hydrogen) atoms. The van der Waals surface area contributed by atoms with Crippen LogP contribution >= 0.6 is 0 Å². The van der Waals surface area contributed by atoms with Crippen LogP contribution in [0, 0.1) is 12.7 Å². The van der Waals surface area contributed by atoms with Crippen LogP contribution in [-0.2, 0) is 13.6 Å². The topological polar surface area (TPSA) is 50.2 Å². The molecule has 1 aliphatic heterocycles. The maximum Gasteiger partial charge on any atom is 0.254 e. The molecular formula is C18H23FN4O. The minimum absolute atomic E-state index is 0.0671. The number of hydrogen-bond donors (Lipinski definition) is 1. The fourth-order valence-electron chi connectivity index (χ4n) is 3.09. The number of carbonyl (C=O) groups excluding carboxylic acids is 1. The average molecular weight is 330 g/mol. The minimum atomic E-state index is -0.186. The van der Waals surface area contributed by atoms with Gasteiger partial charge in [0.05, 0.1) is 11.8 Å². The molecule has 0 bridgehead atoms. The maximum absolute atomic E-state index is 13.4. The fourth-order valence-corrected chi connectivity index (χ4v) is 3.09. The zero-order valence-electron chi connectivity index (χ0n) is 14.1. The Morgan fingerprint density at radius 3 is 2.79 bits per heavy atom. The van der Waals surface area contributed by atoms with E-state index in [0.717, 1.165) is 43.6 Å². The number of aromatic nitrogens is 2. The van der Waals surface area contributed by atoms with Gasteiger partial charge in [-0.05, 0) is 43.0 Å². The van der Waals surface area contributed by atoms with Gasteiger partial charge in [-0.25, -0.2) is 4.39 Å². The monoisotopic (exact) mass is 330 g/mol. The number of carbonyl (C=O) groups is 1. The van der Waals surface area contributed by atoms with Crippen molar-refractivity contribution in [1.29, 1.82) is 0 Å². The van der Waals surface area contributed by atoms with Crippen molar-refractivity contribution in [2.45, 2.75) is 32.4 Å². The van der Waals surface area contributed by atoms with Gasteiger partial charge in [0.15, 0.2) is 0 Å². The van der Waals surface area contributed by atoms with E-state index in [1.165, 1.54) is 6.07 Å². The Morgan fingerprint density at radius 2 is 2.12 bits per heavy atom. The van der Waals surface area contributed by atoms with Gasteiger partial charge in [0, 0.05) is 38.9 Å². The highest BCUT2D eigenvalue weighted by atomic mass is 19.1. The normalized spacial score (nSPS) is 16.3. The smallest absolute Gasteiger partial charge is 0.254 e. The summed E-state index contributed by atoms with van der Waals surface area (Å²) in [6.45, 7) is 4.56. The predicted molar refractivity (Wildman–Crippen MR) is 90.1 cm³/mol. The Kier molecular flexibility index (Phi) is 4.94. The molecule has 1 aromatic carbocycles. The van der Waals surface area contributed by atoms with Crippen molar-refractivity contribution in [3.63, 3.8) is 0 Å². The molecule has 5 nitrogen and oxygen atoms in total. The number of aryl methyl sites for hydroxylation is 2. The van der Waals surface area contributed by atoms with Crippen LogP contribution < -0.4 is 5.32 Å². The second-order valence-corrected chi connectivity index (χ2v) is 6.50. The van der Waals surface area contributed by atoms with Gasteiger partial charge in [-0.1, -0.05) is 6.07 Å². The maximum atomic E-state index is 13.4. The summed E-state index contributed by atoms with van der Waals surface area (Å²) >= 11 is 0. The molecule has 1 saturated heterocycles. The quantitative estimate of drug-likeness (QED) is 0.935. The number of benzene rings is 1. The molecular weight excluding hydrogens is 307 g/mol. The molecule has 0 radical (unpaired) electrons. The number of nitrogens with zero attached hydrogens (tertiary/aromatic N) is 3. The summed E-state index contributed by atoms with van der Waals surface area (Å²) in [5.74, 6) is -0.253. The van der Waals surface area contributed by atoms with Gasteiger partial charge in [-0.3, -0.25) is 14.4 Å².